The highest BCUT2D eigenvalue weighted by molar-refractivity contribution is 7.99. The number of amides is 1. The summed E-state index contributed by atoms with van der Waals surface area (Å²) in [6.07, 6.45) is 0. The van der Waals surface area contributed by atoms with Crippen LogP contribution in [0.4, 0.5) is 0 Å². The molecule has 2 N–H and O–H groups in total. The Hall–Kier alpha value is -2.51. The van der Waals surface area contributed by atoms with Gasteiger partial charge in [0.25, 0.3) is 0 Å². The van der Waals surface area contributed by atoms with Crippen LogP contribution in [0.3, 0.4) is 0 Å². The molecule has 1 amide bonds. The molecule has 1 unspecified atom stereocenters. The van der Waals surface area contributed by atoms with E-state index in [1.807, 2.05) is 37.3 Å². The molecule has 1 atom stereocenters. The quantitative estimate of drug-likeness (QED) is 0.556. The van der Waals surface area contributed by atoms with Crippen molar-refractivity contribution in [1.82, 2.24) is 20.5 Å². The van der Waals surface area contributed by atoms with Crippen LogP contribution >= 0.6 is 23.4 Å². The van der Waals surface area contributed by atoms with E-state index >= 15 is 0 Å². The molecule has 0 fully saturated rings. The number of halogens is 1. The third-order valence-electron chi connectivity index (χ3n) is 3.71. The van der Waals surface area contributed by atoms with E-state index in [-0.39, 0.29) is 24.3 Å². The standard InChI is InChI=1S/C19H19ClN4O2S/c1-13(14-5-3-2-4-6-14)21-18(25)12-27-19-22-17(23-24-19)11-26-16-9-7-15(20)8-10-16/h2-10,13H,11-12H2,1H3,(H,21,25)(H,22,23,24). The van der Waals surface area contributed by atoms with E-state index < -0.39 is 0 Å². The van der Waals surface area contributed by atoms with Crippen molar-refractivity contribution in [2.75, 3.05) is 5.75 Å². The van der Waals surface area contributed by atoms with E-state index in [1.165, 1.54) is 11.8 Å². The number of hydrogen-bond donors (Lipinski definition) is 2. The lowest BCUT2D eigenvalue weighted by Gasteiger charge is -2.13. The van der Waals surface area contributed by atoms with Gasteiger partial charge in [0.05, 0.1) is 11.8 Å². The second-order valence-corrected chi connectivity index (χ2v) is 7.17. The summed E-state index contributed by atoms with van der Waals surface area (Å²) >= 11 is 7.11. The van der Waals surface area contributed by atoms with Gasteiger partial charge in [0.1, 0.15) is 12.4 Å². The van der Waals surface area contributed by atoms with Gasteiger partial charge in [-0.1, -0.05) is 53.7 Å². The summed E-state index contributed by atoms with van der Waals surface area (Å²) in [5, 5.41) is 11.0. The van der Waals surface area contributed by atoms with E-state index in [0.29, 0.717) is 21.8 Å². The summed E-state index contributed by atoms with van der Waals surface area (Å²) in [6, 6.07) is 16.9. The monoisotopic (exact) mass is 402 g/mol. The average Bonchev–Trinajstić information content (AvgIpc) is 3.14. The molecule has 0 aliphatic rings. The second kappa shape index (κ2) is 9.43. The topological polar surface area (TPSA) is 79.9 Å². The molecular formula is C19H19ClN4O2S. The zero-order valence-corrected chi connectivity index (χ0v) is 16.3. The molecular weight excluding hydrogens is 384 g/mol. The first kappa shape index (κ1) is 19.3. The summed E-state index contributed by atoms with van der Waals surface area (Å²) in [4.78, 5) is 16.4. The fraction of sp³-hybridized carbons (Fsp3) is 0.211. The van der Waals surface area contributed by atoms with Gasteiger partial charge in [0, 0.05) is 5.02 Å². The Bertz CT molecular complexity index is 871. The van der Waals surface area contributed by atoms with Crippen LogP contribution in [-0.4, -0.2) is 26.8 Å². The third kappa shape index (κ3) is 6.01. The maximum atomic E-state index is 12.1. The molecule has 1 heterocycles. The number of ether oxygens (including phenoxy) is 1. The average molecular weight is 403 g/mol. The maximum Gasteiger partial charge on any atom is 0.230 e. The molecule has 6 nitrogen and oxygen atoms in total. The number of aromatic amines is 1. The Balaban J connectivity index is 1.43. The van der Waals surface area contributed by atoms with Crippen molar-refractivity contribution in [3.8, 4) is 5.75 Å². The molecule has 1 aromatic heterocycles. The Labute approximate surface area is 166 Å². The first-order valence-corrected chi connectivity index (χ1v) is 9.73. The van der Waals surface area contributed by atoms with Crippen molar-refractivity contribution >= 4 is 29.3 Å². The van der Waals surface area contributed by atoms with Crippen LogP contribution in [0.15, 0.2) is 59.8 Å². The lowest BCUT2D eigenvalue weighted by molar-refractivity contribution is -0.119. The van der Waals surface area contributed by atoms with E-state index in [1.54, 1.807) is 24.3 Å². The Morgan fingerprint density at radius 1 is 1.22 bits per heavy atom. The minimum Gasteiger partial charge on any atom is -0.486 e. The Kier molecular flexibility index (Phi) is 6.73. The largest absolute Gasteiger partial charge is 0.486 e. The smallest absolute Gasteiger partial charge is 0.230 e. The molecule has 27 heavy (non-hydrogen) atoms. The number of H-pyrrole nitrogens is 1. The number of nitrogens with zero attached hydrogens (tertiary/aromatic N) is 2. The summed E-state index contributed by atoms with van der Waals surface area (Å²) in [6.45, 7) is 2.21. The number of carbonyl (C=O) groups excluding carboxylic acids is 1. The number of rotatable bonds is 8. The number of hydrogen-bond acceptors (Lipinski definition) is 5. The minimum absolute atomic E-state index is 0.0465. The molecule has 3 aromatic rings. The van der Waals surface area contributed by atoms with E-state index in [9.17, 15) is 4.79 Å². The summed E-state index contributed by atoms with van der Waals surface area (Å²) in [5.41, 5.74) is 1.07. The van der Waals surface area contributed by atoms with Crippen LogP contribution in [-0.2, 0) is 11.4 Å². The van der Waals surface area contributed by atoms with Crippen LogP contribution in [0.25, 0.3) is 0 Å². The van der Waals surface area contributed by atoms with Crippen molar-refractivity contribution in [2.45, 2.75) is 24.7 Å². The molecule has 0 radical (unpaired) electrons. The SMILES string of the molecule is CC(NC(=O)CSc1n[nH]c(COc2ccc(Cl)cc2)n1)c1ccccc1. The van der Waals surface area contributed by atoms with Crippen LogP contribution in [0.2, 0.25) is 5.02 Å². The molecule has 8 heteroatoms. The number of thioether (sulfide) groups is 1. The zero-order valence-electron chi connectivity index (χ0n) is 14.7. The van der Waals surface area contributed by atoms with Gasteiger partial charge < -0.3 is 10.1 Å². The Morgan fingerprint density at radius 2 is 1.96 bits per heavy atom. The van der Waals surface area contributed by atoms with Crippen LogP contribution < -0.4 is 10.1 Å². The molecule has 140 valence electrons. The summed E-state index contributed by atoms with van der Waals surface area (Å²) in [5.74, 6) is 1.46. The minimum atomic E-state index is -0.0693. The van der Waals surface area contributed by atoms with Crippen LogP contribution in [0.1, 0.15) is 24.4 Å². The molecule has 0 aliphatic heterocycles. The summed E-state index contributed by atoms with van der Waals surface area (Å²) < 4.78 is 5.61. The van der Waals surface area contributed by atoms with Crippen LogP contribution in [0.5, 0.6) is 5.75 Å². The predicted molar refractivity (Wildman–Crippen MR) is 106 cm³/mol. The van der Waals surface area contributed by atoms with Gasteiger partial charge in [-0.25, -0.2) is 4.98 Å². The second-order valence-electron chi connectivity index (χ2n) is 5.80. The number of carbonyl (C=O) groups is 1. The highest BCUT2D eigenvalue weighted by Crippen LogP contribution is 2.18. The number of nitrogens with one attached hydrogen (secondary N) is 2. The van der Waals surface area contributed by atoms with E-state index in [4.69, 9.17) is 16.3 Å². The van der Waals surface area contributed by atoms with Gasteiger partial charge in [-0.3, -0.25) is 9.89 Å². The highest BCUT2D eigenvalue weighted by atomic mass is 35.5. The molecule has 3 rings (SSSR count). The number of benzene rings is 2. The molecule has 0 saturated heterocycles. The van der Waals surface area contributed by atoms with Gasteiger partial charge in [0.15, 0.2) is 5.82 Å². The lowest BCUT2D eigenvalue weighted by atomic mass is 10.1. The fourth-order valence-corrected chi connectivity index (χ4v) is 3.08. The van der Waals surface area contributed by atoms with Crippen molar-refractivity contribution in [1.29, 1.82) is 0 Å². The summed E-state index contributed by atoms with van der Waals surface area (Å²) in [7, 11) is 0. The normalized spacial score (nSPS) is 11.8. The molecule has 0 bridgehead atoms. The maximum absolute atomic E-state index is 12.1. The molecule has 2 aromatic carbocycles. The van der Waals surface area contributed by atoms with E-state index in [0.717, 1.165) is 5.56 Å². The highest BCUT2D eigenvalue weighted by Gasteiger charge is 2.11. The predicted octanol–water partition coefficient (Wildman–Crippen LogP) is 4.01. The third-order valence-corrected chi connectivity index (χ3v) is 4.81. The van der Waals surface area contributed by atoms with Gasteiger partial charge in [-0.2, -0.15) is 0 Å². The van der Waals surface area contributed by atoms with E-state index in [2.05, 4.69) is 20.5 Å². The fourth-order valence-electron chi connectivity index (χ4n) is 2.33. The van der Waals surface area contributed by atoms with Gasteiger partial charge >= 0.3 is 0 Å². The Morgan fingerprint density at radius 3 is 2.70 bits per heavy atom. The van der Waals surface area contributed by atoms with Gasteiger partial charge in [-0.05, 0) is 36.8 Å². The van der Waals surface area contributed by atoms with Gasteiger partial charge in [0.2, 0.25) is 11.1 Å². The zero-order chi connectivity index (χ0) is 19.1. The molecule has 0 spiro atoms. The first-order valence-electron chi connectivity index (χ1n) is 8.37. The van der Waals surface area contributed by atoms with Crippen molar-refractivity contribution in [3.63, 3.8) is 0 Å². The lowest BCUT2D eigenvalue weighted by Crippen LogP contribution is -2.28. The number of aromatic nitrogens is 3. The van der Waals surface area contributed by atoms with Crippen molar-refractivity contribution in [3.05, 3.63) is 71.0 Å². The van der Waals surface area contributed by atoms with Crippen LogP contribution in [0, 0.1) is 0 Å². The molecule has 0 saturated carbocycles. The molecule has 0 aliphatic carbocycles. The van der Waals surface area contributed by atoms with Crippen molar-refractivity contribution < 1.29 is 9.53 Å². The van der Waals surface area contributed by atoms with Crippen molar-refractivity contribution in [2.24, 2.45) is 0 Å². The first-order chi connectivity index (χ1) is 13.1. The van der Waals surface area contributed by atoms with Gasteiger partial charge in [-0.15, -0.1) is 5.10 Å².